The quantitative estimate of drug-likeness (QED) is 0.591. The van der Waals surface area contributed by atoms with Crippen molar-refractivity contribution < 1.29 is 17.6 Å². The fraction of sp³-hybridized carbons (Fsp3) is 0.500. The number of nitrogens with two attached hydrogens (primary N) is 1. The summed E-state index contributed by atoms with van der Waals surface area (Å²) in [5.41, 5.74) is 2.18. The Morgan fingerprint density at radius 3 is 2.38 bits per heavy atom. The summed E-state index contributed by atoms with van der Waals surface area (Å²) in [5, 5.41) is 0. The zero-order valence-corrected chi connectivity index (χ0v) is 6.95. The number of hydrogen-bond donors (Lipinski definition) is 1. The van der Waals surface area contributed by atoms with Gasteiger partial charge in [0.05, 0.1) is 5.70 Å². The molecule has 5 heteroatoms. The SMILES string of the molecule is CC1(C(F)(F)F)CC=CC(N)=C1F. The molecular weight excluding hydrogens is 186 g/mol. The third-order valence-corrected chi connectivity index (χ3v) is 2.19. The molecule has 1 nitrogen and oxygen atoms in total. The summed E-state index contributed by atoms with van der Waals surface area (Å²) in [5.74, 6) is -1.29. The van der Waals surface area contributed by atoms with Crippen LogP contribution in [0.4, 0.5) is 17.6 Å². The van der Waals surface area contributed by atoms with Gasteiger partial charge in [-0.15, -0.1) is 0 Å². The maximum absolute atomic E-state index is 13.1. The second kappa shape index (κ2) is 2.75. The smallest absolute Gasteiger partial charge is 0.397 e. The minimum absolute atomic E-state index is 0.400. The molecule has 0 saturated carbocycles. The Hall–Kier alpha value is -1.00. The van der Waals surface area contributed by atoms with Gasteiger partial charge in [0.2, 0.25) is 0 Å². The van der Waals surface area contributed by atoms with Gasteiger partial charge in [-0.2, -0.15) is 13.2 Å². The molecule has 1 aliphatic carbocycles. The van der Waals surface area contributed by atoms with Crippen LogP contribution in [0.5, 0.6) is 0 Å². The number of allylic oxidation sites excluding steroid dienone is 3. The highest BCUT2D eigenvalue weighted by atomic mass is 19.4. The van der Waals surface area contributed by atoms with Crippen molar-refractivity contribution in [2.24, 2.45) is 11.1 Å². The number of rotatable bonds is 0. The molecule has 0 saturated heterocycles. The van der Waals surface area contributed by atoms with Crippen LogP contribution < -0.4 is 5.73 Å². The van der Waals surface area contributed by atoms with Crippen LogP contribution in [0.2, 0.25) is 0 Å². The fourth-order valence-corrected chi connectivity index (χ4v) is 1.14. The summed E-state index contributed by atoms with van der Waals surface area (Å²) in [7, 11) is 0. The summed E-state index contributed by atoms with van der Waals surface area (Å²) in [6, 6.07) is 0. The molecule has 74 valence electrons. The van der Waals surface area contributed by atoms with E-state index in [1.165, 1.54) is 6.08 Å². The molecule has 0 aromatic heterocycles. The molecule has 0 spiro atoms. The molecule has 2 N–H and O–H groups in total. The predicted molar refractivity (Wildman–Crippen MR) is 40.2 cm³/mol. The van der Waals surface area contributed by atoms with Crippen molar-refractivity contribution in [3.8, 4) is 0 Å². The van der Waals surface area contributed by atoms with Gasteiger partial charge in [-0.3, -0.25) is 0 Å². The first-order valence-corrected chi connectivity index (χ1v) is 3.68. The van der Waals surface area contributed by atoms with Crippen molar-refractivity contribution >= 4 is 0 Å². The van der Waals surface area contributed by atoms with E-state index in [4.69, 9.17) is 5.73 Å². The zero-order valence-electron chi connectivity index (χ0n) is 6.95. The summed E-state index contributed by atoms with van der Waals surface area (Å²) in [4.78, 5) is 0. The minimum Gasteiger partial charge on any atom is -0.397 e. The van der Waals surface area contributed by atoms with Gasteiger partial charge in [-0.25, -0.2) is 4.39 Å². The van der Waals surface area contributed by atoms with Crippen LogP contribution in [-0.4, -0.2) is 6.18 Å². The Balaban J connectivity index is 3.15. The monoisotopic (exact) mass is 195 g/mol. The summed E-state index contributed by atoms with van der Waals surface area (Å²) >= 11 is 0. The summed E-state index contributed by atoms with van der Waals surface area (Å²) < 4.78 is 50.3. The lowest BCUT2D eigenvalue weighted by Gasteiger charge is -2.31. The molecule has 1 aliphatic rings. The zero-order chi connectivity index (χ0) is 10.3. The molecule has 0 aromatic carbocycles. The van der Waals surface area contributed by atoms with Gasteiger partial charge < -0.3 is 5.73 Å². The van der Waals surface area contributed by atoms with Gasteiger partial charge in [0.1, 0.15) is 11.2 Å². The molecule has 1 atom stereocenters. The molecule has 1 unspecified atom stereocenters. The second-order valence-corrected chi connectivity index (χ2v) is 3.21. The van der Waals surface area contributed by atoms with E-state index in [2.05, 4.69) is 0 Å². The number of hydrogen-bond acceptors (Lipinski definition) is 1. The third-order valence-electron chi connectivity index (χ3n) is 2.19. The first-order chi connectivity index (χ1) is 5.79. The van der Waals surface area contributed by atoms with Crippen LogP contribution in [-0.2, 0) is 0 Å². The van der Waals surface area contributed by atoms with E-state index < -0.39 is 29.5 Å². The topological polar surface area (TPSA) is 26.0 Å². The molecule has 0 bridgehead atoms. The first kappa shape index (κ1) is 10.1. The van der Waals surface area contributed by atoms with E-state index in [0.717, 1.165) is 13.0 Å². The first-order valence-electron chi connectivity index (χ1n) is 3.68. The molecule has 0 aromatic rings. The van der Waals surface area contributed by atoms with Gasteiger partial charge in [0.15, 0.2) is 0 Å². The standard InChI is InChI=1S/C8H9F4N/c1-7(8(10,11)12)4-2-3-5(13)6(7)9/h2-3H,4,13H2,1H3. The molecular formula is C8H9F4N. The normalized spacial score (nSPS) is 29.6. The van der Waals surface area contributed by atoms with Crippen LogP contribution in [0.1, 0.15) is 13.3 Å². The van der Waals surface area contributed by atoms with Crippen LogP contribution >= 0.6 is 0 Å². The number of halogens is 4. The predicted octanol–water partition coefficient (Wildman–Crippen LogP) is 2.65. The average molecular weight is 195 g/mol. The lowest BCUT2D eigenvalue weighted by molar-refractivity contribution is -0.209. The van der Waals surface area contributed by atoms with Crippen molar-refractivity contribution in [3.05, 3.63) is 23.7 Å². The van der Waals surface area contributed by atoms with Gasteiger partial charge in [-0.05, 0) is 19.4 Å². The Morgan fingerprint density at radius 2 is 2.00 bits per heavy atom. The van der Waals surface area contributed by atoms with Crippen LogP contribution in [0.25, 0.3) is 0 Å². The Kier molecular flexibility index (Phi) is 2.13. The Bertz CT molecular complexity index is 276. The van der Waals surface area contributed by atoms with Crippen molar-refractivity contribution in [3.63, 3.8) is 0 Å². The largest absolute Gasteiger partial charge is 0.400 e. The van der Waals surface area contributed by atoms with Crippen LogP contribution in [0.3, 0.4) is 0 Å². The van der Waals surface area contributed by atoms with E-state index in [1.807, 2.05) is 0 Å². The maximum Gasteiger partial charge on any atom is 0.400 e. The summed E-state index contributed by atoms with van der Waals surface area (Å²) in [6.07, 6.45) is -2.62. The highest BCUT2D eigenvalue weighted by Gasteiger charge is 2.55. The van der Waals surface area contributed by atoms with Crippen LogP contribution in [0.15, 0.2) is 23.7 Å². The lowest BCUT2D eigenvalue weighted by Crippen LogP contribution is -2.37. The van der Waals surface area contributed by atoms with Crippen LogP contribution in [0, 0.1) is 5.41 Å². The van der Waals surface area contributed by atoms with Crippen molar-refractivity contribution in [1.82, 2.24) is 0 Å². The third kappa shape index (κ3) is 1.43. The minimum atomic E-state index is -4.60. The van der Waals surface area contributed by atoms with E-state index in [-0.39, 0.29) is 0 Å². The maximum atomic E-state index is 13.1. The lowest BCUT2D eigenvalue weighted by atomic mass is 9.81. The molecule has 1 rings (SSSR count). The molecule has 0 aliphatic heterocycles. The summed E-state index contributed by atoms with van der Waals surface area (Å²) in [6.45, 7) is 0.804. The Labute approximate surface area is 72.9 Å². The molecule has 0 radical (unpaired) electrons. The molecule has 0 fully saturated rings. The average Bonchev–Trinajstić information content (AvgIpc) is 1.98. The Morgan fingerprint density at radius 1 is 1.46 bits per heavy atom. The van der Waals surface area contributed by atoms with E-state index >= 15 is 0 Å². The second-order valence-electron chi connectivity index (χ2n) is 3.21. The highest BCUT2D eigenvalue weighted by Crippen LogP contribution is 2.49. The number of alkyl halides is 3. The van der Waals surface area contributed by atoms with Crippen molar-refractivity contribution in [1.29, 1.82) is 0 Å². The van der Waals surface area contributed by atoms with Crippen molar-refractivity contribution in [2.45, 2.75) is 19.5 Å². The van der Waals surface area contributed by atoms with E-state index in [1.54, 1.807) is 0 Å². The molecule has 0 heterocycles. The van der Waals surface area contributed by atoms with Gasteiger partial charge in [-0.1, -0.05) is 6.08 Å². The molecule has 13 heavy (non-hydrogen) atoms. The van der Waals surface area contributed by atoms with Crippen molar-refractivity contribution in [2.75, 3.05) is 0 Å². The van der Waals surface area contributed by atoms with Gasteiger partial charge in [0, 0.05) is 0 Å². The van der Waals surface area contributed by atoms with Gasteiger partial charge >= 0.3 is 6.18 Å². The van der Waals surface area contributed by atoms with E-state index in [9.17, 15) is 17.6 Å². The fourth-order valence-electron chi connectivity index (χ4n) is 1.14. The molecule has 0 amide bonds. The van der Waals surface area contributed by atoms with E-state index in [0.29, 0.717) is 0 Å². The highest BCUT2D eigenvalue weighted by molar-refractivity contribution is 5.29. The van der Waals surface area contributed by atoms with Gasteiger partial charge in [0.25, 0.3) is 0 Å².